The average Bonchev–Trinajstić information content (AvgIpc) is 2.68. The summed E-state index contributed by atoms with van der Waals surface area (Å²) in [6.45, 7) is 3.03. The molecule has 1 fully saturated rings. The number of hydrogen-bond donors (Lipinski definition) is 0. The number of piperidine rings is 1. The van der Waals surface area contributed by atoms with Gasteiger partial charge in [-0.25, -0.2) is 4.98 Å². The number of halogens is 3. The third-order valence-corrected chi connectivity index (χ3v) is 4.28. The summed E-state index contributed by atoms with van der Waals surface area (Å²) >= 11 is 0. The molecule has 9 heteroatoms. The van der Waals surface area contributed by atoms with Crippen LogP contribution in [-0.2, 0) is 6.18 Å². The molecule has 0 N–H and O–H groups in total. The molecule has 1 aliphatic rings. The van der Waals surface area contributed by atoms with E-state index in [1.807, 2.05) is 6.92 Å². The Hall–Kier alpha value is -2.84. The molecule has 0 saturated carbocycles. The van der Waals surface area contributed by atoms with Crippen molar-refractivity contribution in [1.82, 2.24) is 14.9 Å². The smallest absolute Gasteiger partial charge is 0.433 e. The molecule has 1 amide bonds. The lowest BCUT2D eigenvalue weighted by atomic mass is 10.1. The number of rotatable bonds is 5. The number of likely N-dealkylation sites (tertiary alicyclic amines) is 1. The normalized spacial score (nSPS) is 17.3. The highest BCUT2D eigenvalue weighted by Crippen LogP contribution is 2.28. The number of para-hydroxylation sites is 1. The van der Waals surface area contributed by atoms with Crippen molar-refractivity contribution in [3.8, 4) is 11.8 Å². The van der Waals surface area contributed by atoms with Gasteiger partial charge in [-0.3, -0.25) is 4.79 Å². The summed E-state index contributed by atoms with van der Waals surface area (Å²) in [5, 5.41) is 0. The third kappa shape index (κ3) is 4.71. The van der Waals surface area contributed by atoms with E-state index in [9.17, 15) is 18.0 Å². The van der Waals surface area contributed by atoms with E-state index in [0.29, 0.717) is 37.3 Å². The molecule has 1 aromatic carbocycles. The highest BCUT2D eigenvalue weighted by Gasteiger charge is 2.34. The third-order valence-electron chi connectivity index (χ3n) is 4.28. The SMILES string of the molecule is CCOc1ccccc1C(=O)N1CCCC(Oc2nccc(C(F)(F)F)n2)C1. The molecule has 1 aromatic heterocycles. The molecule has 1 atom stereocenters. The number of alkyl halides is 3. The van der Waals surface area contributed by atoms with Crippen molar-refractivity contribution < 1.29 is 27.4 Å². The van der Waals surface area contributed by atoms with Crippen molar-refractivity contribution in [1.29, 1.82) is 0 Å². The van der Waals surface area contributed by atoms with Crippen molar-refractivity contribution in [3.05, 3.63) is 47.8 Å². The van der Waals surface area contributed by atoms with E-state index >= 15 is 0 Å². The van der Waals surface area contributed by atoms with Gasteiger partial charge >= 0.3 is 12.2 Å². The zero-order chi connectivity index (χ0) is 20.1. The van der Waals surface area contributed by atoms with Crippen molar-refractivity contribution in [2.75, 3.05) is 19.7 Å². The Labute approximate surface area is 160 Å². The van der Waals surface area contributed by atoms with Crippen molar-refractivity contribution in [2.45, 2.75) is 32.0 Å². The van der Waals surface area contributed by atoms with Gasteiger partial charge < -0.3 is 14.4 Å². The number of benzene rings is 1. The van der Waals surface area contributed by atoms with Gasteiger partial charge in [-0.1, -0.05) is 12.1 Å². The summed E-state index contributed by atoms with van der Waals surface area (Å²) < 4.78 is 49.4. The summed E-state index contributed by atoms with van der Waals surface area (Å²) in [4.78, 5) is 21.7. The van der Waals surface area contributed by atoms with Crippen LogP contribution >= 0.6 is 0 Å². The van der Waals surface area contributed by atoms with Gasteiger partial charge in [-0.15, -0.1) is 0 Å². The number of aromatic nitrogens is 2. The Bertz CT molecular complexity index is 829. The molecule has 28 heavy (non-hydrogen) atoms. The lowest BCUT2D eigenvalue weighted by Gasteiger charge is -2.32. The van der Waals surface area contributed by atoms with Gasteiger partial charge in [-0.2, -0.15) is 18.2 Å². The number of hydrogen-bond acceptors (Lipinski definition) is 5. The molecule has 1 aliphatic heterocycles. The van der Waals surface area contributed by atoms with Crippen LogP contribution in [0.1, 0.15) is 35.8 Å². The van der Waals surface area contributed by atoms with Crippen LogP contribution in [0.2, 0.25) is 0 Å². The van der Waals surface area contributed by atoms with Gasteiger partial charge in [0.05, 0.1) is 18.7 Å². The average molecular weight is 395 g/mol. The summed E-state index contributed by atoms with van der Waals surface area (Å²) in [6.07, 6.45) is -2.79. The zero-order valence-corrected chi connectivity index (χ0v) is 15.3. The van der Waals surface area contributed by atoms with Gasteiger partial charge in [0.25, 0.3) is 5.91 Å². The Kier molecular flexibility index (Phi) is 6.01. The molecule has 0 bridgehead atoms. The molecule has 0 radical (unpaired) electrons. The lowest BCUT2D eigenvalue weighted by Crippen LogP contribution is -2.44. The van der Waals surface area contributed by atoms with E-state index in [4.69, 9.17) is 9.47 Å². The number of amides is 1. The predicted octanol–water partition coefficient (Wildman–Crippen LogP) is 3.58. The highest BCUT2D eigenvalue weighted by molar-refractivity contribution is 5.97. The highest BCUT2D eigenvalue weighted by atomic mass is 19.4. The Morgan fingerprint density at radius 2 is 2.07 bits per heavy atom. The summed E-state index contributed by atoms with van der Waals surface area (Å²) in [7, 11) is 0. The van der Waals surface area contributed by atoms with E-state index in [2.05, 4.69) is 9.97 Å². The van der Waals surface area contributed by atoms with E-state index < -0.39 is 18.0 Å². The second-order valence-electron chi connectivity index (χ2n) is 6.28. The minimum absolute atomic E-state index is 0.206. The molecular weight excluding hydrogens is 375 g/mol. The fourth-order valence-corrected chi connectivity index (χ4v) is 3.02. The number of nitrogens with zero attached hydrogens (tertiary/aromatic N) is 3. The number of ether oxygens (including phenoxy) is 2. The van der Waals surface area contributed by atoms with Crippen molar-refractivity contribution in [3.63, 3.8) is 0 Å². The maximum Gasteiger partial charge on any atom is 0.433 e. The summed E-state index contributed by atoms with van der Waals surface area (Å²) in [6, 6.07) is 7.40. The van der Waals surface area contributed by atoms with E-state index in [0.717, 1.165) is 12.3 Å². The van der Waals surface area contributed by atoms with Crippen LogP contribution in [0.4, 0.5) is 13.2 Å². The maximum atomic E-state index is 12.9. The van der Waals surface area contributed by atoms with E-state index in [1.165, 1.54) is 0 Å². The van der Waals surface area contributed by atoms with Crippen LogP contribution in [0.3, 0.4) is 0 Å². The topological polar surface area (TPSA) is 64.5 Å². The van der Waals surface area contributed by atoms with Crippen LogP contribution in [-0.4, -0.2) is 46.6 Å². The van der Waals surface area contributed by atoms with Crippen LogP contribution in [0.15, 0.2) is 36.5 Å². The van der Waals surface area contributed by atoms with Gasteiger partial charge in [0.15, 0.2) is 5.69 Å². The maximum absolute atomic E-state index is 12.9. The quantitative estimate of drug-likeness (QED) is 0.774. The molecule has 0 aliphatic carbocycles. The Balaban J connectivity index is 1.70. The summed E-state index contributed by atoms with van der Waals surface area (Å²) in [5.74, 6) is 0.293. The first kappa shape index (κ1) is 19.9. The minimum Gasteiger partial charge on any atom is -0.493 e. The molecule has 6 nitrogen and oxygen atoms in total. The van der Waals surface area contributed by atoms with Crippen LogP contribution in [0.25, 0.3) is 0 Å². The second kappa shape index (κ2) is 8.45. The standard InChI is InChI=1S/C19H20F3N3O3/c1-2-27-15-8-4-3-7-14(15)17(26)25-11-5-6-13(12-25)28-18-23-10-9-16(24-18)19(20,21)22/h3-4,7-10,13H,2,5-6,11-12H2,1H3. The molecule has 3 rings (SSSR count). The molecule has 1 saturated heterocycles. The molecule has 2 aromatic rings. The predicted molar refractivity (Wildman–Crippen MR) is 94.2 cm³/mol. The molecular formula is C19H20F3N3O3. The largest absolute Gasteiger partial charge is 0.493 e. The first-order valence-electron chi connectivity index (χ1n) is 8.96. The van der Waals surface area contributed by atoms with Crippen LogP contribution < -0.4 is 9.47 Å². The van der Waals surface area contributed by atoms with Gasteiger partial charge in [0.2, 0.25) is 0 Å². The lowest BCUT2D eigenvalue weighted by molar-refractivity contribution is -0.141. The number of carbonyl (C=O) groups excluding carboxylic acids is 1. The first-order chi connectivity index (χ1) is 13.4. The van der Waals surface area contributed by atoms with E-state index in [1.54, 1.807) is 29.2 Å². The second-order valence-corrected chi connectivity index (χ2v) is 6.28. The Morgan fingerprint density at radius 3 is 2.82 bits per heavy atom. The fourth-order valence-electron chi connectivity index (χ4n) is 3.02. The van der Waals surface area contributed by atoms with Crippen LogP contribution in [0.5, 0.6) is 11.8 Å². The minimum atomic E-state index is -4.57. The molecule has 2 heterocycles. The van der Waals surface area contributed by atoms with E-state index in [-0.39, 0.29) is 18.5 Å². The fraction of sp³-hybridized carbons (Fsp3) is 0.421. The van der Waals surface area contributed by atoms with Gasteiger partial charge in [0, 0.05) is 12.7 Å². The van der Waals surface area contributed by atoms with Gasteiger partial charge in [0.1, 0.15) is 11.9 Å². The summed E-state index contributed by atoms with van der Waals surface area (Å²) in [5.41, 5.74) is -0.618. The van der Waals surface area contributed by atoms with Crippen molar-refractivity contribution >= 4 is 5.91 Å². The number of carbonyl (C=O) groups is 1. The first-order valence-corrected chi connectivity index (χ1v) is 8.96. The van der Waals surface area contributed by atoms with Crippen LogP contribution in [0, 0.1) is 0 Å². The zero-order valence-electron chi connectivity index (χ0n) is 15.3. The van der Waals surface area contributed by atoms with Gasteiger partial charge in [-0.05, 0) is 38.0 Å². The molecule has 150 valence electrons. The molecule has 0 spiro atoms. The molecule has 1 unspecified atom stereocenters. The monoisotopic (exact) mass is 395 g/mol. The van der Waals surface area contributed by atoms with Crippen molar-refractivity contribution in [2.24, 2.45) is 0 Å². The Morgan fingerprint density at radius 1 is 1.29 bits per heavy atom.